The van der Waals surface area contributed by atoms with Gasteiger partial charge in [0.15, 0.2) is 12.1 Å². The van der Waals surface area contributed by atoms with Gasteiger partial charge in [-0.05, 0) is 31.1 Å². The van der Waals surface area contributed by atoms with Crippen LogP contribution in [0.25, 0.3) is 0 Å². The van der Waals surface area contributed by atoms with Crippen molar-refractivity contribution in [2.24, 2.45) is 5.41 Å². The van der Waals surface area contributed by atoms with Gasteiger partial charge in [0.1, 0.15) is 0 Å². The molecule has 1 aliphatic rings. The Hall–Kier alpha value is -2.20. The van der Waals surface area contributed by atoms with Gasteiger partial charge in [-0.25, -0.2) is 9.59 Å². The van der Waals surface area contributed by atoms with E-state index in [9.17, 15) is 29.4 Å². The zero-order valence-corrected chi connectivity index (χ0v) is 20.6. The predicted molar refractivity (Wildman–Crippen MR) is 125 cm³/mol. The summed E-state index contributed by atoms with van der Waals surface area (Å²) in [5.41, 5.74) is -0.593. The SMILES string of the molecule is CCCCCOC(=O)[C@@H](CO)NC(=O)CC1(CC(=O)N[C@H](CO)C(=O)OCCCCC)CCC1. The van der Waals surface area contributed by atoms with Gasteiger partial charge >= 0.3 is 11.9 Å². The van der Waals surface area contributed by atoms with Crippen LogP contribution < -0.4 is 10.6 Å². The van der Waals surface area contributed by atoms with Gasteiger partial charge in [-0.1, -0.05) is 46.0 Å². The van der Waals surface area contributed by atoms with Gasteiger partial charge in [0.2, 0.25) is 11.8 Å². The highest BCUT2D eigenvalue weighted by molar-refractivity contribution is 5.87. The van der Waals surface area contributed by atoms with E-state index in [4.69, 9.17) is 9.47 Å². The molecule has 0 aliphatic heterocycles. The molecule has 0 unspecified atom stereocenters. The molecule has 1 rings (SSSR count). The molecule has 0 aromatic rings. The molecule has 0 spiro atoms. The molecule has 4 N–H and O–H groups in total. The highest BCUT2D eigenvalue weighted by atomic mass is 16.5. The fraction of sp³-hybridized carbons (Fsp3) is 0.833. The molecular formula is C24H42N2O8. The second-order valence-electron chi connectivity index (χ2n) is 9.06. The maximum absolute atomic E-state index is 12.6. The monoisotopic (exact) mass is 486 g/mol. The van der Waals surface area contributed by atoms with Gasteiger partial charge in [-0.2, -0.15) is 0 Å². The molecule has 10 nitrogen and oxygen atoms in total. The van der Waals surface area contributed by atoms with Crippen molar-refractivity contribution in [3.05, 3.63) is 0 Å². The van der Waals surface area contributed by atoms with Crippen LogP contribution in [0.3, 0.4) is 0 Å². The van der Waals surface area contributed by atoms with Crippen molar-refractivity contribution in [1.82, 2.24) is 10.6 Å². The fourth-order valence-corrected chi connectivity index (χ4v) is 3.87. The number of amides is 2. The van der Waals surface area contributed by atoms with Crippen LogP contribution in [0.2, 0.25) is 0 Å². The zero-order chi connectivity index (χ0) is 25.4. The Balaban J connectivity index is 2.54. The van der Waals surface area contributed by atoms with E-state index in [1.54, 1.807) is 0 Å². The highest BCUT2D eigenvalue weighted by Crippen LogP contribution is 2.46. The first-order valence-corrected chi connectivity index (χ1v) is 12.4. The summed E-state index contributed by atoms with van der Waals surface area (Å²) in [5.74, 6) is -2.27. The quantitative estimate of drug-likeness (QED) is 0.167. The third-order valence-electron chi connectivity index (χ3n) is 6.07. The first kappa shape index (κ1) is 29.8. The molecule has 34 heavy (non-hydrogen) atoms. The second-order valence-corrected chi connectivity index (χ2v) is 9.06. The molecule has 0 radical (unpaired) electrons. The van der Waals surface area contributed by atoms with Crippen molar-refractivity contribution in [1.29, 1.82) is 0 Å². The van der Waals surface area contributed by atoms with Crippen molar-refractivity contribution < 1.29 is 38.9 Å². The number of carbonyl (C=O) groups is 4. The van der Waals surface area contributed by atoms with Gasteiger partial charge in [0, 0.05) is 12.8 Å². The summed E-state index contributed by atoms with van der Waals surface area (Å²) in [5, 5.41) is 24.0. The molecule has 10 heteroatoms. The Kier molecular flexibility index (Phi) is 14.4. The maximum atomic E-state index is 12.6. The van der Waals surface area contributed by atoms with E-state index >= 15 is 0 Å². The molecule has 0 saturated heterocycles. The van der Waals surface area contributed by atoms with E-state index in [0.717, 1.165) is 32.1 Å². The Morgan fingerprint density at radius 3 is 1.47 bits per heavy atom. The van der Waals surface area contributed by atoms with Crippen molar-refractivity contribution in [3.63, 3.8) is 0 Å². The normalized spacial score (nSPS) is 16.0. The standard InChI is InChI=1S/C24H42N2O8/c1-3-5-7-12-33-22(31)18(16-27)25-20(29)14-24(10-9-11-24)15-21(30)26-19(17-28)23(32)34-13-8-6-4-2/h18-19,27-28H,3-17H2,1-2H3,(H,25,29)(H,26,30)/t18-,19-/m1/s1. The molecule has 0 bridgehead atoms. The first-order valence-electron chi connectivity index (χ1n) is 12.4. The van der Waals surface area contributed by atoms with Crippen LogP contribution in [0.15, 0.2) is 0 Å². The number of aliphatic hydroxyl groups excluding tert-OH is 2. The molecule has 1 aliphatic carbocycles. The van der Waals surface area contributed by atoms with Crippen LogP contribution in [-0.2, 0) is 28.7 Å². The molecule has 2 atom stereocenters. The number of esters is 2. The molecule has 0 aromatic carbocycles. The number of unbranched alkanes of at least 4 members (excludes halogenated alkanes) is 4. The molecule has 2 amide bonds. The van der Waals surface area contributed by atoms with Crippen molar-refractivity contribution in [2.45, 2.75) is 96.6 Å². The predicted octanol–water partition coefficient (Wildman–Crippen LogP) is 1.36. The Morgan fingerprint density at radius 2 is 1.18 bits per heavy atom. The lowest BCUT2D eigenvalue weighted by Crippen LogP contribution is -2.49. The van der Waals surface area contributed by atoms with E-state index in [-0.39, 0.29) is 26.1 Å². The smallest absolute Gasteiger partial charge is 0.331 e. The summed E-state index contributed by atoms with van der Waals surface area (Å²) >= 11 is 0. The van der Waals surface area contributed by atoms with E-state index in [1.165, 1.54) is 0 Å². The number of hydrogen-bond donors (Lipinski definition) is 4. The zero-order valence-electron chi connectivity index (χ0n) is 20.6. The number of rotatable bonds is 18. The average Bonchev–Trinajstić information content (AvgIpc) is 2.79. The summed E-state index contributed by atoms with van der Waals surface area (Å²) in [4.78, 5) is 49.3. The minimum absolute atomic E-state index is 0.00525. The molecule has 1 saturated carbocycles. The average molecular weight is 487 g/mol. The molecule has 196 valence electrons. The number of hydrogen-bond acceptors (Lipinski definition) is 8. The summed E-state index contributed by atoms with van der Waals surface area (Å²) in [6, 6.07) is -2.30. The maximum Gasteiger partial charge on any atom is 0.331 e. The summed E-state index contributed by atoms with van der Waals surface area (Å²) < 4.78 is 10.2. The summed E-state index contributed by atoms with van der Waals surface area (Å²) in [7, 11) is 0. The van der Waals surface area contributed by atoms with Crippen LogP contribution in [0, 0.1) is 5.41 Å². The lowest BCUT2D eigenvalue weighted by atomic mass is 9.64. The minimum Gasteiger partial charge on any atom is -0.464 e. The van der Waals surface area contributed by atoms with Gasteiger partial charge in [0.25, 0.3) is 0 Å². The van der Waals surface area contributed by atoms with Gasteiger partial charge < -0.3 is 30.3 Å². The lowest BCUT2D eigenvalue weighted by molar-refractivity contribution is -0.150. The largest absolute Gasteiger partial charge is 0.464 e. The van der Waals surface area contributed by atoms with E-state index < -0.39 is 54.5 Å². The minimum atomic E-state index is -1.15. The van der Waals surface area contributed by atoms with E-state index in [0.29, 0.717) is 25.7 Å². The van der Waals surface area contributed by atoms with Crippen LogP contribution in [0.4, 0.5) is 0 Å². The lowest BCUT2D eigenvalue weighted by Gasteiger charge is -2.41. The molecule has 0 heterocycles. The highest BCUT2D eigenvalue weighted by Gasteiger charge is 2.41. The summed E-state index contributed by atoms with van der Waals surface area (Å²) in [6.07, 6.45) is 7.38. The molecular weight excluding hydrogens is 444 g/mol. The Labute approximate surface area is 202 Å². The van der Waals surface area contributed by atoms with Gasteiger partial charge in [-0.15, -0.1) is 0 Å². The second kappa shape index (κ2) is 16.4. The van der Waals surface area contributed by atoms with Crippen molar-refractivity contribution in [2.75, 3.05) is 26.4 Å². The van der Waals surface area contributed by atoms with Crippen LogP contribution in [-0.4, -0.2) is 72.5 Å². The topological polar surface area (TPSA) is 151 Å². The molecule has 0 aromatic heterocycles. The van der Waals surface area contributed by atoms with Crippen molar-refractivity contribution >= 4 is 23.8 Å². The summed E-state index contributed by atoms with van der Waals surface area (Å²) in [6.45, 7) is 3.36. The van der Waals surface area contributed by atoms with Crippen molar-refractivity contribution in [3.8, 4) is 0 Å². The number of carbonyl (C=O) groups excluding carboxylic acids is 4. The first-order chi connectivity index (χ1) is 16.3. The van der Waals surface area contributed by atoms with E-state index in [1.807, 2.05) is 13.8 Å². The van der Waals surface area contributed by atoms with E-state index in [2.05, 4.69) is 10.6 Å². The van der Waals surface area contributed by atoms with Crippen LogP contribution >= 0.6 is 0 Å². The number of ether oxygens (including phenoxy) is 2. The van der Waals surface area contributed by atoms with Crippen LogP contribution in [0.1, 0.15) is 84.5 Å². The van der Waals surface area contributed by atoms with Crippen LogP contribution in [0.5, 0.6) is 0 Å². The number of aliphatic hydroxyl groups is 2. The molecule has 1 fully saturated rings. The number of nitrogens with one attached hydrogen (secondary N) is 2. The Bertz CT molecular complexity index is 601. The van der Waals surface area contributed by atoms with Gasteiger partial charge in [0.05, 0.1) is 26.4 Å². The third kappa shape index (κ3) is 10.8. The fourth-order valence-electron chi connectivity index (χ4n) is 3.87. The van der Waals surface area contributed by atoms with Gasteiger partial charge in [-0.3, -0.25) is 9.59 Å². The Morgan fingerprint density at radius 1 is 0.765 bits per heavy atom. The third-order valence-corrected chi connectivity index (χ3v) is 6.07.